The van der Waals surface area contributed by atoms with Gasteiger partial charge in [-0.2, -0.15) is 0 Å². The van der Waals surface area contributed by atoms with Gasteiger partial charge in [0.15, 0.2) is 0 Å². The van der Waals surface area contributed by atoms with Crippen molar-refractivity contribution in [3.05, 3.63) is 84.4 Å². The molecule has 26 heavy (non-hydrogen) atoms. The molecule has 0 aliphatic carbocycles. The predicted molar refractivity (Wildman–Crippen MR) is 107 cm³/mol. The van der Waals surface area contributed by atoms with E-state index in [0.717, 1.165) is 29.8 Å². The van der Waals surface area contributed by atoms with Crippen molar-refractivity contribution in [3.63, 3.8) is 0 Å². The zero-order valence-corrected chi connectivity index (χ0v) is 14.9. The summed E-state index contributed by atoms with van der Waals surface area (Å²) in [5, 5.41) is 3.14. The Balaban J connectivity index is 1.56. The third-order valence-corrected chi connectivity index (χ3v) is 5.04. The molecular weight excluding hydrogens is 320 g/mol. The summed E-state index contributed by atoms with van der Waals surface area (Å²) >= 11 is 0. The summed E-state index contributed by atoms with van der Waals surface area (Å²) in [5.41, 5.74) is 5.48. The molecule has 0 radical (unpaired) electrons. The molecule has 0 spiro atoms. The van der Waals surface area contributed by atoms with Gasteiger partial charge in [-0.1, -0.05) is 66.7 Å². The Hall–Kier alpha value is -3.07. The SMILES string of the molecule is C[C@@H](C(=O)Nc1ccccc1-c1ccccc1)N1CCc2ccccc21. The van der Waals surface area contributed by atoms with Crippen LogP contribution in [-0.4, -0.2) is 18.5 Å². The minimum Gasteiger partial charge on any atom is -0.359 e. The Bertz CT molecular complexity index is 920. The van der Waals surface area contributed by atoms with Gasteiger partial charge in [-0.25, -0.2) is 0 Å². The van der Waals surface area contributed by atoms with Gasteiger partial charge < -0.3 is 10.2 Å². The van der Waals surface area contributed by atoms with Gasteiger partial charge in [-0.15, -0.1) is 0 Å². The fourth-order valence-electron chi connectivity index (χ4n) is 3.61. The van der Waals surface area contributed by atoms with E-state index >= 15 is 0 Å². The summed E-state index contributed by atoms with van der Waals surface area (Å²) < 4.78 is 0. The molecule has 0 fully saturated rings. The topological polar surface area (TPSA) is 32.3 Å². The molecule has 0 bridgehead atoms. The highest BCUT2D eigenvalue weighted by atomic mass is 16.2. The van der Waals surface area contributed by atoms with Gasteiger partial charge in [0.25, 0.3) is 0 Å². The van der Waals surface area contributed by atoms with Crippen molar-refractivity contribution in [2.24, 2.45) is 0 Å². The molecule has 3 heteroatoms. The molecule has 0 aromatic heterocycles. The number of nitrogens with zero attached hydrogens (tertiary/aromatic N) is 1. The molecule has 3 aromatic carbocycles. The molecular formula is C23H22N2O. The van der Waals surface area contributed by atoms with Crippen LogP contribution in [0.1, 0.15) is 12.5 Å². The van der Waals surface area contributed by atoms with Crippen LogP contribution >= 0.6 is 0 Å². The van der Waals surface area contributed by atoms with Gasteiger partial charge in [0.1, 0.15) is 6.04 Å². The number of nitrogens with one attached hydrogen (secondary N) is 1. The van der Waals surface area contributed by atoms with Crippen LogP contribution < -0.4 is 10.2 Å². The zero-order chi connectivity index (χ0) is 17.9. The summed E-state index contributed by atoms with van der Waals surface area (Å²) in [6.07, 6.45) is 0.994. The molecule has 3 nitrogen and oxygen atoms in total. The number of para-hydroxylation sites is 2. The van der Waals surface area contributed by atoms with Gasteiger partial charge in [-0.3, -0.25) is 4.79 Å². The third kappa shape index (κ3) is 3.08. The third-order valence-electron chi connectivity index (χ3n) is 5.04. The van der Waals surface area contributed by atoms with Crippen LogP contribution in [0.25, 0.3) is 11.1 Å². The molecule has 0 saturated carbocycles. The van der Waals surface area contributed by atoms with E-state index in [9.17, 15) is 4.79 Å². The maximum atomic E-state index is 12.9. The second kappa shape index (κ2) is 7.04. The monoisotopic (exact) mass is 342 g/mol. The second-order valence-electron chi connectivity index (χ2n) is 6.65. The number of anilines is 2. The highest BCUT2D eigenvalue weighted by molar-refractivity contribution is 6.00. The smallest absolute Gasteiger partial charge is 0.246 e. The molecule has 1 aliphatic heterocycles. The number of amides is 1. The van der Waals surface area contributed by atoms with Crippen molar-refractivity contribution >= 4 is 17.3 Å². The van der Waals surface area contributed by atoms with E-state index in [4.69, 9.17) is 0 Å². The quantitative estimate of drug-likeness (QED) is 0.742. The molecule has 1 atom stereocenters. The van der Waals surface area contributed by atoms with Gasteiger partial charge in [0.05, 0.1) is 0 Å². The maximum absolute atomic E-state index is 12.9. The molecule has 1 heterocycles. The number of carbonyl (C=O) groups excluding carboxylic acids is 1. The average molecular weight is 342 g/mol. The molecule has 130 valence electrons. The lowest BCUT2D eigenvalue weighted by molar-refractivity contribution is -0.117. The van der Waals surface area contributed by atoms with Crippen LogP contribution in [0.5, 0.6) is 0 Å². The summed E-state index contributed by atoms with van der Waals surface area (Å²) in [5.74, 6) is 0.0186. The first kappa shape index (κ1) is 16.4. The first-order valence-corrected chi connectivity index (χ1v) is 9.04. The normalized spacial score (nSPS) is 14.0. The highest BCUT2D eigenvalue weighted by Crippen LogP contribution is 2.31. The lowest BCUT2D eigenvalue weighted by Gasteiger charge is -2.26. The average Bonchev–Trinajstić information content (AvgIpc) is 3.12. The highest BCUT2D eigenvalue weighted by Gasteiger charge is 2.27. The Labute approximate surface area is 154 Å². The van der Waals surface area contributed by atoms with E-state index in [1.54, 1.807) is 0 Å². The number of hydrogen-bond acceptors (Lipinski definition) is 2. The molecule has 1 amide bonds. The van der Waals surface area contributed by atoms with Gasteiger partial charge in [0.2, 0.25) is 5.91 Å². The Morgan fingerprint density at radius 2 is 1.62 bits per heavy atom. The van der Waals surface area contributed by atoms with Crippen molar-refractivity contribution in [2.75, 3.05) is 16.8 Å². The van der Waals surface area contributed by atoms with Crippen molar-refractivity contribution in [1.82, 2.24) is 0 Å². The summed E-state index contributed by atoms with van der Waals surface area (Å²) in [7, 11) is 0. The van der Waals surface area contributed by atoms with Crippen LogP contribution in [0.4, 0.5) is 11.4 Å². The molecule has 4 rings (SSSR count). The van der Waals surface area contributed by atoms with Crippen molar-refractivity contribution in [3.8, 4) is 11.1 Å². The Morgan fingerprint density at radius 1 is 0.923 bits per heavy atom. The van der Waals surface area contributed by atoms with Crippen molar-refractivity contribution < 1.29 is 4.79 Å². The first-order chi connectivity index (χ1) is 12.7. The van der Waals surface area contributed by atoms with Crippen molar-refractivity contribution in [2.45, 2.75) is 19.4 Å². The summed E-state index contributed by atoms with van der Waals surface area (Å²) in [4.78, 5) is 15.1. The molecule has 3 aromatic rings. The number of rotatable bonds is 4. The second-order valence-corrected chi connectivity index (χ2v) is 6.65. The first-order valence-electron chi connectivity index (χ1n) is 9.04. The number of hydrogen-bond donors (Lipinski definition) is 1. The number of benzene rings is 3. The van der Waals surface area contributed by atoms with Crippen LogP contribution in [0.15, 0.2) is 78.9 Å². The fraction of sp³-hybridized carbons (Fsp3) is 0.174. The van der Waals surface area contributed by atoms with Gasteiger partial charge in [-0.05, 0) is 36.6 Å². The van der Waals surface area contributed by atoms with Crippen LogP contribution in [-0.2, 0) is 11.2 Å². The Kier molecular flexibility index (Phi) is 4.44. The molecule has 1 N–H and O–H groups in total. The minimum atomic E-state index is -0.220. The number of carbonyl (C=O) groups is 1. The molecule has 0 saturated heterocycles. The standard InChI is InChI=1S/C23H22N2O/c1-17(25-16-15-19-11-5-8-14-22(19)25)23(26)24-21-13-7-6-12-20(21)18-9-3-2-4-10-18/h2-14,17H,15-16H2,1H3,(H,24,26)/t17-/m0/s1. The maximum Gasteiger partial charge on any atom is 0.246 e. The molecule has 1 aliphatic rings. The van der Waals surface area contributed by atoms with Crippen LogP contribution in [0.2, 0.25) is 0 Å². The lowest BCUT2D eigenvalue weighted by Crippen LogP contribution is -2.41. The Morgan fingerprint density at radius 3 is 2.46 bits per heavy atom. The van der Waals surface area contributed by atoms with Gasteiger partial charge >= 0.3 is 0 Å². The van der Waals surface area contributed by atoms with E-state index in [2.05, 4.69) is 40.5 Å². The zero-order valence-electron chi connectivity index (χ0n) is 14.9. The van der Waals surface area contributed by atoms with E-state index in [1.165, 1.54) is 11.3 Å². The molecule has 0 unspecified atom stereocenters. The fourth-order valence-corrected chi connectivity index (χ4v) is 3.61. The summed E-state index contributed by atoms with van der Waals surface area (Å²) in [6, 6.07) is 26.2. The van der Waals surface area contributed by atoms with E-state index in [-0.39, 0.29) is 11.9 Å². The van der Waals surface area contributed by atoms with Crippen molar-refractivity contribution in [1.29, 1.82) is 0 Å². The summed E-state index contributed by atoms with van der Waals surface area (Å²) in [6.45, 7) is 2.86. The van der Waals surface area contributed by atoms with Gasteiger partial charge in [0, 0.05) is 23.5 Å². The lowest BCUT2D eigenvalue weighted by atomic mass is 10.0. The van der Waals surface area contributed by atoms with Crippen LogP contribution in [0.3, 0.4) is 0 Å². The number of fused-ring (bicyclic) bond motifs is 1. The van der Waals surface area contributed by atoms with E-state index in [0.29, 0.717) is 0 Å². The predicted octanol–water partition coefficient (Wildman–Crippen LogP) is 4.74. The largest absolute Gasteiger partial charge is 0.359 e. The minimum absolute atomic E-state index is 0.0186. The van der Waals surface area contributed by atoms with E-state index in [1.807, 2.05) is 55.5 Å². The van der Waals surface area contributed by atoms with E-state index < -0.39 is 0 Å². The van der Waals surface area contributed by atoms with Crippen LogP contribution in [0, 0.1) is 0 Å².